The first-order valence-corrected chi connectivity index (χ1v) is 8.47. The molecule has 1 aliphatic rings. The molecule has 2 heterocycles. The van der Waals surface area contributed by atoms with Crippen LogP contribution < -0.4 is 0 Å². The van der Waals surface area contributed by atoms with Crippen molar-refractivity contribution in [3.8, 4) is 0 Å². The van der Waals surface area contributed by atoms with Crippen molar-refractivity contribution < 1.29 is 9.21 Å². The molecule has 0 saturated carbocycles. The van der Waals surface area contributed by atoms with Crippen LogP contribution in [-0.4, -0.2) is 58.6 Å². The number of rotatable bonds is 4. The molecule has 122 valence electrons. The number of halogens is 1. The van der Waals surface area contributed by atoms with Crippen LogP contribution in [0.1, 0.15) is 22.1 Å². The maximum atomic E-state index is 12.5. The summed E-state index contributed by atoms with van der Waals surface area (Å²) in [7, 11) is 0. The molecule has 23 heavy (non-hydrogen) atoms. The Labute approximate surface area is 143 Å². The molecule has 1 aromatic heterocycles. The second kappa shape index (κ2) is 7.23. The van der Waals surface area contributed by atoms with Gasteiger partial charge >= 0.3 is 0 Å². The highest BCUT2D eigenvalue weighted by Crippen LogP contribution is 2.14. The van der Waals surface area contributed by atoms with Gasteiger partial charge in [0.25, 0.3) is 5.91 Å². The molecule has 0 bridgehead atoms. The molecule has 1 aromatic carbocycles. The van der Waals surface area contributed by atoms with Crippen molar-refractivity contribution in [2.75, 3.05) is 32.7 Å². The van der Waals surface area contributed by atoms with Gasteiger partial charge in [-0.1, -0.05) is 15.9 Å². The molecule has 1 amide bonds. The van der Waals surface area contributed by atoms with Gasteiger partial charge in [0, 0.05) is 56.1 Å². The van der Waals surface area contributed by atoms with E-state index in [1.165, 1.54) is 0 Å². The number of hydrogen-bond donors (Lipinski definition) is 0. The SMILES string of the molecule is Cc1nnc(CCN2CCN(C(=O)c3ccc(Br)cc3)CC2)o1. The first kappa shape index (κ1) is 16.1. The fourth-order valence-electron chi connectivity index (χ4n) is 2.64. The van der Waals surface area contributed by atoms with Gasteiger partial charge in [-0.05, 0) is 24.3 Å². The third kappa shape index (κ3) is 4.17. The molecular weight excluding hydrogens is 360 g/mol. The van der Waals surface area contributed by atoms with E-state index in [0.717, 1.165) is 49.2 Å². The Bertz CT molecular complexity index is 663. The van der Waals surface area contributed by atoms with Crippen molar-refractivity contribution in [3.05, 3.63) is 46.1 Å². The van der Waals surface area contributed by atoms with Crippen LogP contribution in [0.25, 0.3) is 0 Å². The normalized spacial score (nSPS) is 15.8. The van der Waals surface area contributed by atoms with Gasteiger partial charge in [-0.15, -0.1) is 10.2 Å². The van der Waals surface area contributed by atoms with Crippen LogP contribution in [0.2, 0.25) is 0 Å². The Morgan fingerprint density at radius 3 is 2.48 bits per heavy atom. The van der Waals surface area contributed by atoms with E-state index in [-0.39, 0.29) is 5.91 Å². The number of piperazine rings is 1. The van der Waals surface area contributed by atoms with Crippen LogP contribution in [0.4, 0.5) is 0 Å². The van der Waals surface area contributed by atoms with E-state index >= 15 is 0 Å². The Morgan fingerprint density at radius 1 is 1.17 bits per heavy atom. The molecule has 7 heteroatoms. The van der Waals surface area contributed by atoms with Gasteiger partial charge < -0.3 is 9.32 Å². The lowest BCUT2D eigenvalue weighted by molar-refractivity contribution is 0.0636. The lowest BCUT2D eigenvalue weighted by Crippen LogP contribution is -2.49. The summed E-state index contributed by atoms with van der Waals surface area (Å²) in [5, 5.41) is 7.84. The Hall–Kier alpha value is -1.73. The molecule has 0 spiro atoms. The zero-order chi connectivity index (χ0) is 16.2. The number of aryl methyl sites for hydroxylation is 1. The van der Waals surface area contributed by atoms with Crippen molar-refractivity contribution in [3.63, 3.8) is 0 Å². The Morgan fingerprint density at radius 2 is 1.87 bits per heavy atom. The molecule has 0 unspecified atom stereocenters. The van der Waals surface area contributed by atoms with E-state index in [1.807, 2.05) is 29.2 Å². The summed E-state index contributed by atoms with van der Waals surface area (Å²) in [5.74, 6) is 1.38. The molecule has 6 nitrogen and oxygen atoms in total. The number of carbonyl (C=O) groups is 1. The molecule has 0 atom stereocenters. The van der Waals surface area contributed by atoms with Crippen LogP contribution >= 0.6 is 15.9 Å². The standard InChI is InChI=1S/C16H19BrN4O2/c1-12-18-19-15(23-12)6-7-20-8-10-21(11-9-20)16(22)13-2-4-14(17)5-3-13/h2-5H,6-11H2,1H3. The van der Waals surface area contributed by atoms with Gasteiger partial charge in [-0.25, -0.2) is 0 Å². The predicted molar refractivity (Wildman–Crippen MR) is 89.2 cm³/mol. The second-order valence-corrected chi connectivity index (χ2v) is 6.52. The molecule has 0 N–H and O–H groups in total. The summed E-state index contributed by atoms with van der Waals surface area (Å²) >= 11 is 3.39. The van der Waals surface area contributed by atoms with Crippen LogP contribution in [0.5, 0.6) is 0 Å². The lowest BCUT2D eigenvalue weighted by Gasteiger charge is -2.34. The van der Waals surface area contributed by atoms with Gasteiger partial charge in [-0.3, -0.25) is 9.69 Å². The van der Waals surface area contributed by atoms with E-state index in [2.05, 4.69) is 31.0 Å². The maximum Gasteiger partial charge on any atom is 0.253 e. The molecule has 1 fully saturated rings. The first-order valence-electron chi connectivity index (χ1n) is 7.68. The molecule has 1 aliphatic heterocycles. The van der Waals surface area contributed by atoms with Crippen molar-refractivity contribution in [2.45, 2.75) is 13.3 Å². The molecule has 3 rings (SSSR count). The Kier molecular flexibility index (Phi) is 5.07. The average Bonchev–Trinajstić information content (AvgIpc) is 2.99. The van der Waals surface area contributed by atoms with Gasteiger partial charge in [-0.2, -0.15) is 0 Å². The number of benzene rings is 1. The number of amides is 1. The summed E-state index contributed by atoms with van der Waals surface area (Å²) in [5.41, 5.74) is 0.739. The van der Waals surface area contributed by atoms with E-state index < -0.39 is 0 Å². The summed E-state index contributed by atoms with van der Waals surface area (Å²) in [6.45, 7) is 5.91. The number of hydrogen-bond acceptors (Lipinski definition) is 5. The van der Waals surface area contributed by atoms with Crippen LogP contribution in [0.3, 0.4) is 0 Å². The van der Waals surface area contributed by atoms with Crippen molar-refractivity contribution in [1.29, 1.82) is 0 Å². The topological polar surface area (TPSA) is 62.5 Å². The minimum atomic E-state index is 0.102. The summed E-state index contributed by atoms with van der Waals surface area (Å²) in [4.78, 5) is 16.7. The van der Waals surface area contributed by atoms with Crippen molar-refractivity contribution >= 4 is 21.8 Å². The number of nitrogens with zero attached hydrogens (tertiary/aromatic N) is 4. The van der Waals surface area contributed by atoms with Crippen LogP contribution in [0.15, 0.2) is 33.2 Å². The van der Waals surface area contributed by atoms with Crippen molar-refractivity contribution in [2.24, 2.45) is 0 Å². The maximum absolute atomic E-state index is 12.5. The molecule has 1 saturated heterocycles. The third-order valence-electron chi connectivity index (χ3n) is 3.96. The molecule has 0 radical (unpaired) electrons. The quantitative estimate of drug-likeness (QED) is 0.815. The second-order valence-electron chi connectivity index (χ2n) is 5.61. The largest absolute Gasteiger partial charge is 0.426 e. The number of aromatic nitrogens is 2. The fraction of sp³-hybridized carbons (Fsp3) is 0.438. The summed E-state index contributed by atoms with van der Waals surface area (Å²) in [6, 6.07) is 7.51. The number of carbonyl (C=O) groups excluding carboxylic acids is 1. The Balaban J connectivity index is 1.48. The van der Waals surface area contributed by atoms with Gasteiger partial charge in [0.05, 0.1) is 0 Å². The van der Waals surface area contributed by atoms with E-state index in [1.54, 1.807) is 6.92 Å². The fourth-order valence-corrected chi connectivity index (χ4v) is 2.91. The zero-order valence-corrected chi connectivity index (χ0v) is 14.6. The monoisotopic (exact) mass is 378 g/mol. The summed E-state index contributed by atoms with van der Waals surface area (Å²) in [6.07, 6.45) is 0.751. The van der Waals surface area contributed by atoms with Gasteiger partial charge in [0.1, 0.15) is 0 Å². The highest BCUT2D eigenvalue weighted by molar-refractivity contribution is 9.10. The highest BCUT2D eigenvalue weighted by atomic mass is 79.9. The van der Waals surface area contributed by atoms with E-state index in [9.17, 15) is 4.79 Å². The van der Waals surface area contributed by atoms with Crippen molar-refractivity contribution in [1.82, 2.24) is 20.0 Å². The highest BCUT2D eigenvalue weighted by Gasteiger charge is 2.22. The zero-order valence-electron chi connectivity index (χ0n) is 13.0. The average molecular weight is 379 g/mol. The van der Waals surface area contributed by atoms with Crippen LogP contribution in [-0.2, 0) is 6.42 Å². The molecular formula is C16H19BrN4O2. The van der Waals surface area contributed by atoms with E-state index in [4.69, 9.17) is 4.42 Å². The molecule has 0 aliphatic carbocycles. The van der Waals surface area contributed by atoms with Gasteiger partial charge in [0.2, 0.25) is 11.8 Å². The van der Waals surface area contributed by atoms with E-state index in [0.29, 0.717) is 11.8 Å². The van der Waals surface area contributed by atoms with Crippen LogP contribution in [0, 0.1) is 6.92 Å². The smallest absolute Gasteiger partial charge is 0.253 e. The van der Waals surface area contributed by atoms with Gasteiger partial charge in [0.15, 0.2) is 0 Å². The predicted octanol–water partition coefficient (Wildman–Crippen LogP) is 2.14. The minimum Gasteiger partial charge on any atom is -0.426 e. The minimum absolute atomic E-state index is 0.102. The first-order chi connectivity index (χ1) is 11.1. The molecule has 2 aromatic rings. The summed E-state index contributed by atoms with van der Waals surface area (Å²) < 4.78 is 6.37. The lowest BCUT2D eigenvalue weighted by atomic mass is 10.2. The third-order valence-corrected chi connectivity index (χ3v) is 4.49.